The van der Waals surface area contributed by atoms with Gasteiger partial charge in [-0.2, -0.15) is 8.78 Å². The van der Waals surface area contributed by atoms with Crippen molar-refractivity contribution < 1.29 is 23.0 Å². The highest BCUT2D eigenvalue weighted by Crippen LogP contribution is 2.57. The van der Waals surface area contributed by atoms with Gasteiger partial charge in [0, 0.05) is 55.1 Å². The molecule has 0 amide bonds. The van der Waals surface area contributed by atoms with Gasteiger partial charge in [0.05, 0.1) is 12.7 Å². The number of nitrogens with zero attached hydrogens (tertiary/aromatic N) is 2. The topological polar surface area (TPSA) is 51.7 Å². The monoisotopic (exact) mass is 530 g/mol. The first-order chi connectivity index (χ1) is 18.3. The Balaban J connectivity index is 1.23. The van der Waals surface area contributed by atoms with E-state index in [2.05, 4.69) is 23.4 Å². The zero-order chi connectivity index (χ0) is 26.9. The van der Waals surface area contributed by atoms with Crippen molar-refractivity contribution in [3.8, 4) is 0 Å². The van der Waals surface area contributed by atoms with Gasteiger partial charge in [-0.1, -0.05) is 19.9 Å². The Hall–Kier alpha value is -1.70. The third-order valence-electron chi connectivity index (χ3n) is 10.3. The van der Waals surface area contributed by atoms with Crippen LogP contribution in [0.15, 0.2) is 24.9 Å². The number of alkyl halides is 2. The van der Waals surface area contributed by atoms with Gasteiger partial charge in [0.15, 0.2) is 0 Å². The summed E-state index contributed by atoms with van der Waals surface area (Å²) < 4.78 is 39.8. The van der Waals surface area contributed by atoms with Crippen molar-refractivity contribution in [3.63, 3.8) is 0 Å². The summed E-state index contributed by atoms with van der Waals surface area (Å²) in [6.45, 7) is 7.89. The summed E-state index contributed by atoms with van der Waals surface area (Å²) in [4.78, 5) is 20.9. The molecule has 3 fully saturated rings. The van der Waals surface area contributed by atoms with E-state index in [4.69, 9.17) is 9.47 Å². The summed E-state index contributed by atoms with van der Waals surface area (Å²) in [5, 5.41) is 0. The van der Waals surface area contributed by atoms with Gasteiger partial charge in [0.2, 0.25) is 0 Å². The minimum absolute atomic E-state index is 0.0893. The number of ketones is 1. The van der Waals surface area contributed by atoms with E-state index in [0.717, 1.165) is 88.6 Å². The minimum Gasteiger partial charge on any atom is -0.379 e. The van der Waals surface area contributed by atoms with E-state index < -0.39 is 5.92 Å². The molecule has 0 N–H and O–H groups in total. The average Bonchev–Trinajstić information content (AvgIpc) is 3.51. The van der Waals surface area contributed by atoms with E-state index >= 15 is 0 Å². The lowest BCUT2D eigenvalue weighted by Crippen LogP contribution is -2.53. The molecule has 1 aliphatic heterocycles. The van der Waals surface area contributed by atoms with Crippen molar-refractivity contribution in [1.29, 1.82) is 0 Å². The number of hydrogen-bond acceptors (Lipinski definition) is 5. The van der Waals surface area contributed by atoms with Gasteiger partial charge in [-0.15, -0.1) is 0 Å². The Kier molecular flexibility index (Phi) is 8.37. The number of fused-ring (bicyclic) bond motifs is 2. The Bertz CT molecular complexity index is 1020. The number of Topliss-reactive ketones (excluding diaryl/α,β-unsaturated/α-hetero) is 1. The highest BCUT2D eigenvalue weighted by molar-refractivity contribution is 5.86. The number of pyridine rings is 1. The van der Waals surface area contributed by atoms with E-state index in [9.17, 15) is 13.6 Å². The molecule has 5 nitrogen and oxygen atoms in total. The number of allylic oxidation sites excluding steroid dienone is 1. The summed E-state index contributed by atoms with van der Waals surface area (Å²) in [6, 6.07) is 2.38. The third-order valence-corrected chi connectivity index (χ3v) is 10.3. The standard InChI is InChI=1S/C31H44F2N2O3/c1-4-31(32,33)24-16-22-15-21(8-10-26(22)34-19-24)9-11-29(36)30-13-6-7-23(30)17-25(18-30)35(5-2)27-12-14-38-20-28(27)37-3/h4,16,19,21,23,25,27-28H,1,5-15,17-18,20H2,2-3H3/t21?,23-,25-,27-,28-,30-/m1/s1. The molecule has 0 spiro atoms. The maximum Gasteiger partial charge on any atom is 0.292 e. The molecule has 0 aromatic carbocycles. The van der Waals surface area contributed by atoms with Gasteiger partial charge in [0.25, 0.3) is 5.92 Å². The normalized spacial score (nSPS) is 33.2. The maximum atomic E-state index is 14.2. The second kappa shape index (κ2) is 11.4. The van der Waals surface area contributed by atoms with E-state index in [1.165, 1.54) is 6.20 Å². The largest absolute Gasteiger partial charge is 0.379 e. The second-order valence-electron chi connectivity index (χ2n) is 12.1. The van der Waals surface area contributed by atoms with Crippen LogP contribution in [0.2, 0.25) is 0 Å². The molecule has 0 radical (unpaired) electrons. The number of hydrogen-bond donors (Lipinski definition) is 0. The lowest BCUT2D eigenvalue weighted by Gasteiger charge is -2.42. The van der Waals surface area contributed by atoms with Crippen molar-refractivity contribution in [2.45, 2.75) is 102 Å². The fourth-order valence-corrected chi connectivity index (χ4v) is 8.22. The number of methoxy groups -OCH3 is 1. The van der Waals surface area contributed by atoms with Crippen LogP contribution in [0.25, 0.3) is 0 Å². The smallest absolute Gasteiger partial charge is 0.292 e. The average molecular weight is 531 g/mol. The van der Waals surface area contributed by atoms with Crippen LogP contribution in [0, 0.1) is 17.3 Å². The Labute approximate surface area is 226 Å². The zero-order valence-corrected chi connectivity index (χ0v) is 23.1. The number of carbonyl (C=O) groups is 1. The van der Waals surface area contributed by atoms with Crippen LogP contribution in [-0.2, 0) is 33.0 Å². The predicted octanol–water partition coefficient (Wildman–Crippen LogP) is 5.89. The summed E-state index contributed by atoms with van der Waals surface area (Å²) >= 11 is 0. The molecule has 1 aromatic rings. The first kappa shape index (κ1) is 27.9. The van der Waals surface area contributed by atoms with Crippen LogP contribution >= 0.6 is 0 Å². The fraction of sp³-hybridized carbons (Fsp3) is 0.742. The van der Waals surface area contributed by atoms with Crippen molar-refractivity contribution >= 4 is 5.78 Å². The van der Waals surface area contributed by atoms with E-state index in [0.29, 0.717) is 48.8 Å². The van der Waals surface area contributed by atoms with E-state index in [1.54, 1.807) is 13.2 Å². The van der Waals surface area contributed by atoms with Crippen molar-refractivity contribution in [2.75, 3.05) is 26.9 Å². The van der Waals surface area contributed by atoms with Crippen molar-refractivity contribution in [1.82, 2.24) is 9.88 Å². The Morgan fingerprint density at radius 2 is 2.21 bits per heavy atom. The van der Waals surface area contributed by atoms with Gasteiger partial charge >= 0.3 is 0 Å². The summed E-state index contributed by atoms with van der Waals surface area (Å²) in [7, 11) is 1.78. The van der Waals surface area contributed by atoms with Gasteiger partial charge < -0.3 is 9.47 Å². The molecule has 38 heavy (non-hydrogen) atoms. The Morgan fingerprint density at radius 3 is 2.97 bits per heavy atom. The van der Waals surface area contributed by atoms with E-state index in [-0.39, 0.29) is 17.1 Å². The first-order valence-electron chi connectivity index (χ1n) is 14.7. The van der Waals surface area contributed by atoms with Gasteiger partial charge in [0.1, 0.15) is 5.78 Å². The number of halogens is 2. The molecule has 1 unspecified atom stereocenters. The molecule has 7 heteroatoms. The molecule has 2 saturated carbocycles. The molecule has 3 aliphatic carbocycles. The fourth-order valence-electron chi connectivity index (χ4n) is 8.22. The maximum absolute atomic E-state index is 14.2. The van der Waals surface area contributed by atoms with Crippen LogP contribution in [-0.4, -0.2) is 60.7 Å². The van der Waals surface area contributed by atoms with Crippen LogP contribution in [0.1, 0.15) is 81.5 Å². The summed E-state index contributed by atoms with van der Waals surface area (Å²) in [5.74, 6) is -1.80. The highest BCUT2D eigenvalue weighted by Gasteiger charge is 2.55. The Morgan fingerprint density at radius 1 is 1.37 bits per heavy atom. The van der Waals surface area contributed by atoms with Crippen LogP contribution in [0.5, 0.6) is 0 Å². The van der Waals surface area contributed by atoms with Crippen LogP contribution in [0.3, 0.4) is 0 Å². The van der Waals surface area contributed by atoms with Gasteiger partial charge in [-0.3, -0.25) is 14.7 Å². The van der Waals surface area contributed by atoms with E-state index in [1.807, 2.05) is 0 Å². The SMILES string of the molecule is C=CC(F)(F)c1cnc2c(c1)CC(CCC(=O)[C@@]13CCC[C@@H]1C[C@@H](N(CC)[C@@H]1CCOC[C@H]1OC)C3)CC2. The van der Waals surface area contributed by atoms with Crippen LogP contribution < -0.4 is 0 Å². The second-order valence-corrected chi connectivity index (χ2v) is 12.1. The van der Waals surface area contributed by atoms with Gasteiger partial charge in [-0.05, 0) is 93.9 Å². The number of carbonyl (C=O) groups excluding carboxylic acids is 1. The molecule has 0 bridgehead atoms. The number of likely N-dealkylation sites (N-methyl/N-ethyl adjacent to an activating group) is 1. The highest BCUT2D eigenvalue weighted by atomic mass is 19.3. The zero-order valence-electron chi connectivity index (χ0n) is 23.1. The number of aryl methyl sites for hydroxylation is 1. The molecule has 1 saturated heterocycles. The minimum atomic E-state index is -3.07. The van der Waals surface area contributed by atoms with Crippen LogP contribution in [0.4, 0.5) is 8.78 Å². The molecular formula is C31H44F2N2O3. The first-order valence-corrected chi connectivity index (χ1v) is 14.7. The van der Waals surface area contributed by atoms with Gasteiger partial charge in [-0.25, -0.2) is 0 Å². The number of ether oxygens (including phenoxy) is 2. The lowest BCUT2D eigenvalue weighted by molar-refractivity contribution is -0.130. The number of rotatable bonds is 10. The van der Waals surface area contributed by atoms with Crippen molar-refractivity contribution in [3.05, 3.63) is 41.7 Å². The molecule has 210 valence electrons. The molecule has 1 aromatic heterocycles. The van der Waals surface area contributed by atoms with Crippen molar-refractivity contribution in [2.24, 2.45) is 17.3 Å². The molecule has 2 heterocycles. The molecular weight excluding hydrogens is 486 g/mol. The quantitative estimate of drug-likeness (QED) is 0.353. The molecule has 6 atom stereocenters. The summed E-state index contributed by atoms with van der Waals surface area (Å²) in [5.41, 5.74) is 1.56. The predicted molar refractivity (Wildman–Crippen MR) is 143 cm³/mol. The molecule has 5 rings (SSSR count). The third kappa shape index (κ3) is 5.23. The number of aromatic nitrogens is 1. The summed E-state index contributed by atoms with van der Waals surface area (Å²) in [6.07, 6.45) is 12.4. The molecule has 4 aliphatic rings. The lowest BCUT2D eigenvalue weighted by atomic mass is 9.73.